The van der Waals surface area contributed by atoms with Crippen LogP contribution in [0.2, 0.25) is 0 Å². The lowest BCUT2D eigenvalue weighted by Gasteiger charge is -2.41. The molecule has 1 saturated carbocycles. The fourth-order valence-electron chi connectivity index (χ4n) is 4.64. The highest BCUT2D eigenvalue weighted by Crippen LogP contribution is 2.42. The maximum absolute atomic E-state index is 12.7. The number of nitrogens with zero attached hydrogens (tertiary/aromatic N) is 1. The molecule has 1 aliphatic carbocycles. The van der Waals surface area contributed by atoms with Crippen molar-refractivity contribution in [3.8, 4) is 16.9 Å². The van der Waals surface area contributed by atoms with Gasteiger partial charge in [-0.3, -0.25) is 9.59 Å². The van der Waals surface area contributed by atoms with Crippen molar-refractivity contribution >= 4 is 11.8 Å². The molecular weight excluding hydrogens is 376 g/mol. The lowest BCUT2D eigenvalue weighted by atomic mass is 9.74. The molecule has 0 radical (unpaired) electrons. The summed E-state index contributed by atoms with van der Waals surface area (Å²) in [6, 6.07) is 16.2. The lowest BCUT2D eigenvalue weighted by molar-refractivity contribution is -0.141. The maximum Gasteiger partial charge on any atom is 0.225 e. The van der Waals surface area contributed by atoms with E-state index in [1.807, 2.05) is 29.2 Å². The number of hydrogen-bond acceptors (Lipinski definition) is 3. The molecule has 1 heterocycles. The number of carbonyl (C=O) groups is 2. The number of ether oxygens (including phenoxy) is 1. The molecule has 2 aromatic rings. The number of rotatable bonds is 6. The summed E-state index contributed by atoms with van der Waals surface area (Å²) in [4.78, 5) is 27.1. The van der Waals surface area contributed by atoms with Gasteiger partial charge in [0.15, 0.2) is 0 Å². The highest BCUT2D eigenvalue weighted by Gasteiger charge is 2.47. The monoisotopic (exact) mass is 406 g/mol. The lowest BCUT2D eigenvalue weighted by Crippen LogP contribution is -2.53. The maximum atomic E-state index is 12.7. The molecule has 30 heavy (non-hydrogen) atoms. The summed E-state index contributed by atoms with van der Waals surface area (Å²) in [6.45, 7) is 3.27. The number of nitrogens with two attached hydrogens (primary N) is 1. The summed E-state index contributed by atoms with van der Waals surface area (Å²) >= 11 is 0. The van der Waals surface area contributed by atoms with Gasteiger partial charge in [0.1, 0.15) is 5.75 Å². The molecule has 2 amide bonds. The number of hydrogen-bond donors (Lipinski definition) is 1. The highest BCUT2D eigenvalue weighted by molar-refractivity contribution is 5.85. The molecule has 0 bridgehead atoms. The number of piperidine rings is 1. The van der Waals surface area contributed by atoms with E-state index in [9.17, 15) is 9.59 Å². The predicted molar refractivity (Wildman–Crippen MR) is 117 cm³/mol. The Labute approximate surface area is 178 Å². The molecule has 5 nitrogen and oxygen atoms in total. The summed E-state index contributed by atoms with van der Waals surface area (Å²) in [6.07, 6.45) is 3.08. The minimum atomic E-state index is -0.687. The van der Waals surface area contributed by atoms with Crippen molar-refractivity contribution in [3.63, 3.8) is 0 Å². The third kappa shape index (κ3) is 4.07. The van der Waals surface area contributed by atoms with Gasteiger partial charge in [-0.1, -0.05) is 43.3 Å². The fraction of sp³-hybridized carbons (Fsp3) is 0.440. The zero-order valence-electron chi connectivity index (χ0n) is 17.8. The Morgan fingerprint density at radius 3 is 2.23 bits per heavy atom. The van der Waals surface area contributed by atoms with Crippen LogP contribution in [0.3, 0.4) is 0 Å². The molecule has 5 heteroatoms. The first kappa shape index (κ1) is 20.5. The second kappa shape index (κ2) is 8.13. The van der Waals surface area contributed by atoms with Gasteiger partial charge in [-0.25, -0.2) is 0 Å². The molecule has 2 aliphatic rings. The first-order valence-corrected chi connectivity index (χ1v) is 10.7. The van der Waals surface area contributed by atoms with E-state index in [0.717, 1.165) is 48.2 Å². The van der Waals surface area contributed by atoms with Crippen LogP contribution in [0.1, 0.15) is 31.7 Å². The van der Waals surface area contributed by atoms with Crippen LogP contribution in [0.15, 0.2) is 48.5 Å². The van der Waals surface area contributed by atoms with Gasteiger partial charge < -0.3 is 15.4 Å². The molecule has 0 spiro atoms. The molecule has 2 N–H and O–H groups in total. The minimum absolute atomic E-state index is 0.137. The van der Waals surface area contributed by atoms with E-state index in [1.54, 1.807) is 7.11 Å². The van der Waals surface area contributed by atoms with E-state index in [4.69, 9.17) is 10.5 Å². The van der Waals surface area contributed by atoms with Crippen molar-refractivity contribution in [2.75, 3.05) is 20.2 Å². The molecule has 0 aromatic heterocycles. The fourth-order valence-corrected chi connectivity index (χ4v) is 4.64. The smallest absolute Gasteiger partial charge is 0.225 e. The number of amides is 2. The van der Waals surface area contributed by atoms with Crippen molar-refractivity contribution in [2.45, 2.75) is 32.6 Å². The van der Waals surface area contributed by atoms with Crippen molar-refractivity contribution in [2.24, 2.45) is 23.0 Å². The van der Waals surface area contributed by atoms with Crippen molar-refractivity contribution in [1.82, 2.24) is 4.90 Å². The number of carbonyl (C=O) groups excluding carboxylic acids is 2. The first-order chi connectivity index (χ1) is 14.4. The Morgan fingerprint density at radius 2 is 1.70 bits per heavy atom. The van der Waals surface area contributed by atoms with Crippen LogP contribution in [0, 0.1) is 17.3 Å². The van der Waals surface area contributed by atoms with Crippen molar-refractivity contribution in [3.05, 3.63) is 54.1 Å². The summed E-state index contributed by atoms with van der Waals surface area (Å²) in [5.74, 6) is 1.33. The molecule has 1 saturated heterocycles. The molecule has 4 rings (SSSR count). The first-order valence-electron chi connectivity index (χ1n) is 10.7. The molecule has 1 aliphatic heterocycles. The zero-order chi connectivity index (χ0) is 21.3. The highest BCUT2D eigenvalue weighted by atomic mass is 16.5. The second-order valence-electron chi connectivity index (χ2n) is 8.93. The number of methoxy groups -OCH3 is 1. The van der Waals surface area contributed by atoms with Gasteiger partial charge in [-0.15, -0.1) is 0 Å². The van der Waals surface area contributed by atoms with Crippen LogP contribution >= 0.6 is 0 Å². The number of primary amides is 1. The Kier molecular flexibility index (Phi) is 5.54. The number of likely N-dealkylation sites (tertiary alicyclic amines) is 1. The van der Waals surface area contributed by atoms with Crippen molar-refractivity contribution in [1.29, 1.82) is 0 Å². The van der Waals surface area contributed by atoms with E-state index >= 15 is 0 Å². The zero-order valence-corrected chi connectivity index (χ0v) is 17.8. The second-order valence-corrected chi connectivity index (χ2v) is 8.93. The van der Waals surface area contributed by atoms with Crippen LogP contribution < -0.4 is 10.5 Å². The molecular formula is C25H30N2O3. The van der Waals surface area contributed by atoms with Gasteiger partial charge >= 0.3 is 0 Å². The summed E-state index contributed by atoms with van der Waals surface area (Å²) in [5.41, 5.74) is 8.49. The molecule has 2 aromatic carbocycles. The summed E-state index contributed by atoms with van der Waals surface area (Å²) < 4.78 is 5.22. The van der Waals surface area contributed by atoms with E-state index in [0.29, 0.717) is 18.9 Å². The standard InChI is InChI=1S/C25H30N2O3/c1-17-14-22(17)23(28)27-13-3-12-25(16-27,24(26)29)15-18-4-6-19(7-5-18)20-8-10-21(30-2)11-9-20/h4-11,17,22H,3,12-16H2,1-2H3,(H2,26,29)/t17-,22-,25+/m0/s1. The Hall–Kier alpha value is -2.82. The van der Waals surface area contributed by atoms with E-state index in [2.05, 4.69) is 31.2 Å². The third-order valence-electron chi connectivity index (χ3n) is 6.76. The SMILES string of the molecule is COc1ccc(-c2ccc(C[C@]3(C(N)=O)CCCN(C(=O)[C@H]4C[C@@H]4C)C3)cc2)cc1. The van der Waals surface area contributed by atoms with E-state index in [-0.39, 0.29) is 17.7 Å². The average molecular weight is 407 g/mol. The molecule has 0 unspecified atom stereocenters. The topological polar surface area (TPSA) is 72.6 Å². The van der Waals surface area contributed by atoms with Crippen LogP contribution in [-0.2, 0) is 16.0 Å². The Morgan fingerprint density at radius 1 is 1.10 bits per heavy atom. The average Bonchev–Trinajstić information content (AvgIpc) is 3.50. The van der Waals surface area contributed by atoms with Crippen LogP contribution in [0.25, 0.3) is 11.1 Å². The quantitative estimate of drug-likeness (QED) is 0.796. The van der Waals surface area contributed by atoms with Gasteiger partial charge in [0, 0.05) is 19.0 Å². The Balaban J connectivity index is 1.50. The van der Waals surface area contributed by atoms with Crippen LogP contribution in [-0.4, -0.2) is 36.9 Å². The van der Waals surface area contributed by atoms with Crippen LogP contribution in [0.4, 0.5) is 0 Å². The van der Waals surface area contributed by atoms with Crippen LogP contribution in [0.5, 0.6) is 5.75 Å². The van der Waals surface area contributed by atoms with Gasteiger partial charge in [0.2, 0.25) is 11.8 Å². The summed E-state index contributed by atoms with van der Waals surface area (Å²) in [7, 11) is 1.66. The van der Waals surface area contributed by atoms with Gasteiger partial charge in [0.05, 0.1) is 12.5 Å². The van der Waals surface area contributed by atoms with Gasteiger partial charge in [-0.05, 0) is 60.4 Å². The normalized spacial score (nSPS) is 25.6. The third-order valence-corrected chi connectivity index (χ3v) is 6.76. The molecule has 3 atom stereocenters. The van der Waals surface area contributed by atoms with E-state index in [1.165, 1.54) is 0 Å². The predicted octanol–water partition coefficient (Wildman–Crippen LogP) is 3.65. The molecule has 158 valence electrons. The van der Waals surface area contributed by atoms with Gasteiger partial charge in [-0.2, -0.15) is 0 Å². The largest absolute Gasteiger partial charge is 0.497 e. The summed E-state index contributed by atoms with van der Waals surface area (Å²) in [5, 5.41) is 0. The van der Waals surface area contributed by atoms with E-state index < -0.39 is 5.41 Å². The van der Waals surface area contributed by atoms with Crippen molar-refractivity contribution < 1.29 is 14.3 Å². The molecule has 2 fully saturated rings. The Bertz CT molecular complexity index is 922. The minimum Gasteiger partial charge on any atom is -0.497 e. The number of benzene rings is 2. The van der Waals surface area contributed by atoms with Gasteiger partial charge in [0.25, 0.3) is 0 Å².